The van der Waals surface area contributed by atoms with E-state index in [0.717, 1.165) is 16.7 Å². The Hall–Kier alpha value is -1.83. The van der Waals surface area contributed by atoms with E-state index in [-0.39, 0.29) is 12.1 Å². The molecule has 0 heterocycles. The molecule has 2 saturated carbocycles. The van der Waals surface area contributed by atoms with Crippen molar-refractivity contribution in [3.05, 3.63) is 48.0 Å². The van der Waals surface area contributed by atoms with E-state index >= 15 is 0 Å². The fourth-order valence-corrected chi connectivity index (χ4v) is 6.00. The minimum Gasteiger partial charge on any atom is -0.458 e. The zero-order chi connectivity index (χ0) is 19.8. The molecular weight excluding hydrogens is 344 g/mol. The monoisotopic (exact) mass is 378 g/mol. The van der Waals surface area contributed by atoms with Crippen molar-refractivity contribution in [1.82, 2.24) is 0 Å². The van der Waals surface area contributed by atoms with Crippen LogP contribution in [0.4, 0.5) is 0 Å². The van der Waals surface area contributed by atoms with Gasteiger partial charge in [0.1, 0.15) is 6.10 Å². The van der Waals surface area contributed by atoms with E-state index in [1.165, 1.54) is 25.7 Å². The fraction of sp³-hybridized carbons (Fsp3) is 0.577. The van der Waals surface area contributed by atoms with Crippen molar-refractivity contribution in [2.24, 2.45) is 35.5 Å². The van der Waals surface area contributed by atoms with Gasteiger partial charge in [-0.05, 0) is 65.3 Å². The van der Waals surface area contributed by atoms with Crippen molar-refractivity contribution < 1.29 is 9.53 Å². The topological polar surface area (TPSA) is 26.3 Å². The molecule has 0 aromatic heterocycles. The van der Waals surface area contributed by atoms with E-state index in [0.29, 0.717) is 35.2 Å². The van der Waals surface area contributed by atoms with Crippen molar-refractivity contribution in [2.75, 3.05) is 0 Å². The van der Waals surface area contributed by atoms with Crippen molar-refractivity contribution in [3.63, 3.8) is 0 Å². The number of fused-ring (bicyclic) bond motifs is 2. The lowest BCUT2D eigenvalue weighted by Gasteiger charge is -2.36. The van der Waals surface area contributed by atoms with Crippen LogP contribution in [0.5, 0.6) is 0 Å². The molecule has 0 radical (unpaired) electrons. The number of hydrogen-bond acceptors (Lipinski definition) is 2. The molecule has 2 fully saturated rings. The Kier molecular flexibility index (Phi) is 5.49. The molecule has 0 bridgehead atoms. The van der Waals surface area contributed by atoms with E-state index in [4.69, 9.17) is 4.74 Å². The lowest BCUT2D eigenvalue weighted by atomic mass is 9.76. The van der Waals surface area contributed by atoms with Gasteiger partial charge in [0.25, 0.3) is 0 Å². The van der Waals surface area contributed by atoms with Gasteiger partial charge in [0.2, 0.25) is 0 Å². The van der Waals surface area contributed by atoms with E-state index in [2.05, 4.69) is 39.8 Å². The molecule has 2 heteroatoms. The maximum Gasteiger partial charge on any atom is 0.338 e. The first-order chi connectivity index (χ1) is 13.5. The van der Waals surface area contributed by atoms with Gasteiger partial charge in [-0.25, -0.2) is 4.79 Å². The highest BCUT2D eigenvalue weighted by molar-refractivity contribution is 5.95. The first-order valence-corrected chi connectivity index (χ1v) is 11.2. The molecule has 2 aliphatic carbocycles. The lowest BCUT2D eigenvalue weighted by molar-refractivity contribution is -0.0314. The van der Waals surface area contributed by atoms with Gasteiger partial charge in [0.15, 0.2) is 0 Å². The molecule has 0 saturated heterocycles. The van der Waals surface area contributed by atoms with Gasteiger partial charge in [-0.3, -0.25) is 0 Å². The van der Waals surface area contributed by atoms with Crippen LogP contribution < -0.4 is 0 Å². The largest absolute Gasteiger partial charge is 0.458 e. The molecule has 28 heavy (non-hydrogen) atoms. The molecule has 0 N–H and O–H groups in total. The number of benzene rings is 2. The second-order valence-electron chi connectivity index (χ2n) is 9.69. The predicted octanol–water partition coefficient (Wildman–Crippen LogP) is 6.73. The lowest BCUT2D eigenvalue weighted by Crippen LogP contribution is -2.39. The highest BCUT2D eigenvalue weighted by Crippen LogP contribution is 2.51. The average molecular weight is 379 g/mol. The third-order valence-electron chi connectivity index (χ3n) is 7.68. The van der Waals surface area contributed by atoms with Crippen LogP contribution in [0.1, 0.15) is 63.7 Å². The smallest absolute Gasteiger partial charge is 0.338 e. The van der Waals surface area contributed by atoms with Crippen LogP contribution in [0.3, 0.4) is 0 Å². The summed E-state index contributed by atoms with van der Waals surface area (Å²) in [4.78, 5) is 13.2. The summed E-state index contributed by atoms with van der Waals surface area (Å²) in [7, 11) is 0. The maximum atomic E-state index is 13.2. The molecule has 2 aromatic carbocycles. The Morgan fingerprint density at radius 3 is 2.39 bits per heavy atom. The van der Waals surface area contributed by atoms with Crippen LogP contribution in [0.2, 0.25) is 0 Å². The number of carbonyl (C=O) groups is 1. The Morgan fingerprint density at radius 2 is 1.64 bits per heavy atom. The van der Waals surface area contributed by atoms with Crippen molar-refractivity contribution in [3.8, 4) is 0 Å². The third-order valence-corrected chi connectivity index (χ3v) is 7.68. The van der Waals surface area contributed by atoms with Crippen LogP contribution in [0.15, 0.2) is 42.5 Å². The van der Waals surface area contributed by atoms with Crippen LogP contribution in [0, 0.1) is 35.5 Å². The molecule has 0 amide bonds. The van der Waals surface area contributed by atoms with Crippen LogP contribution in [-0.4, -0.2) is 12.1 Å². The van der Waals surface area contributed by atoms with Gasteiger partial charge in [-0.1, -0.05) is 70.9 Å². The number of ether oxygens (including phenoxy) is 1. The summed E-state index contributed by atoms with van der Waals surface area (Å²) in [6.07, 6.45) is 5.05. The van der Waals surface area contributed by atoms with Gasteiger partial charge in [0.05, 0.1) is 5.56 Å². The maximum absolute atomic E-state index is 13.2. The van der Waals surface area contributed by atoms with Gasteiger partial charge >= 0.3 is 5.97 Å². The standard InChI is InChI=1S/C26H34O2/c1-16(2)22-13-9-17(3)23-14-10-18(4)24(23)25(22)28-26(27)21-12-11-19-7-5-6-8-20(19)15-21/h5-8,11-12,15-18,22-25H,9-10,13-14H2,1-4H3/t17?,18-,22?,23?,24-,25?/m1/s1. The fourth-order valence-electron chi connectivity index (χ4n) is 6.00. The number of hydrogen-bond donors (Lipinski definition) is 0. The number of rotatable bonds is 3. The summed E-state index contributed by atoms with van der Waals surface area (Å²) >= 11 is 0. The van der Waals surface area contributed by atoms with Crippen LogP contribution in [0.25, 0.3) is 10.8 Å². The quantitative estimate of drug-likeness (QED) is 0.554. The Bertz CT molecular complexity index is 839. The van der Waals surface area contributed by atoms with Gasteiger partial charge in [-0.2, -0.15) is 0 Å². The molecule has 4 rings (SSSR count). The predicted molar refractivity (Wildman–Crippen MR) is 115 cm³/mol. The summed E-state index contributed by atoms with van der Waals surface area (Å²) < 4.78 is 6.37. The summed E-state index contributed by atoms with van der Waals surface area (Å²) in [6, 6.07) is 14.1. The van der Waals surface area contributed by atoms with Crippen LogP contribution in [-0.2, 0) is 4.74 Å². The van der Waals surface area contributed by atoms with Gasteiger partial charge < -0.3 is 4.74 Å². The molecule has 2 aromatic rings. The Morgan fingerprint density at radius 1 is 0.929 bits per heavy atom. The summed E-state index contributed by atoms with van der Waals surface area (Å²) in [5.74, 6) is 3.44. The molecule has 150 valence electrons. The molecule has 0 aliphatic heterocycles. The Balaban J connectivity index is 1.64. The summed E-state index contributed by atoms with van der Waals surface area (Å²) in [5.41, 5.74) is 0.681. The minimum atomic E-state index is -0.145. The second-order valence-corrected chi connectivity index (χ2v) is 9.69. The molecule has 4 unspecified atom stereocenters. The summed E-state index contributed by atoms with van der Waals surface area (Å²) in [6.45, 7) is 9.38. The van der Waals surface area contributed by atoms with E-state index in [9.17, 15) is 4.79 Å². The molecule has 2 nitrogen and oxygen atoms in total. The van der Waals surface area contributed by atoms with Crippen molar-refractivity contribution >= 4 is 16.7 Å². The van der Waals surface area contributed by atoms with Crippen molar-refractivity contribution in [2.45, 2.75) is 59.5 Å². The highest BCUT2D eigenvalue weighted by atomic mass is 16.5. The minimum absolute atomic E-state index is 0.0476. The first-order valence-electron chi connectivity index (χ1n) is 11.2. The molecule has 2 aliphatic rings. The zero-order valence-corrected chi connectivity index (χ0v) is 17.7. The molecular formula is C26H34O2. The number of carbonyl (C=O) groups excluding carboxylic acids is 1. The summed E-state index contributed by atoms with van der Waals surface area (Å²) in [5, 5.41) is 2.26. The normalized spacial score (nSPS) is 32.9. The Labute approximate surface area is 169 Å². The van der Waals surface area contributed by atoms with E-state index in [1.807, 2.05) is 30.3 Å². The average Bonchev–Trinajstić information content (AvgIpc) is 3.00. The highest BCUT2D eigenvalue weighted by Gasteiger charge is 2.48. The molecule has 6 atom stereocenters. The van der Waals surface area contributed by atoms with E-state index in [1.54, 1.807) is 0 Å². The van der Waals surface area contributed by atoms with Gasteiger partial charge in [0, 0.05) is 5.92 Å². The SMILES string of the molecule is CC(C)C1CCC(C)C2CC[C@@H](C)[C@H]2C1OC(=O)c1ccc2ccccc2c1. The second kappa shape index (κ2) is 7.89. The van der Waals surface area contributed by atoms with E-state index < -0.39 is 0 Å². The number of esters is 1. The molecule has 0 spiro atoms. The first kappa shape index (κ1) is 19.5. The zero-order valence-electron chi connectivity index (χ0n) is 17.7. The van der Waals surface area contributed by atoms with Gasteiger partial charge in [-0.15, -0.1) is 0 Å². The van der Waals surface area contributed by atoms with Crippen LogP contribution >= 0.6 is 0 Å². The third kappa shape index (κ3) is 3.58. The van der Waals surface area contributed by atoms with Crippen molar-refractivity contribution in [1.29, 1.82) is 0 Å².